The zero-order valence-corrected chi connectivity index (χ0v) is 15.0. The standard InChI is InChI=1S/C21H25FN2O2/c1-23(21(26)13-16-7-9-18(22)10-8-16)20(17-5-3-2-4-6-17)15-24-12-11-19(25)14-24/h2-10,19-20,25H,11-15H2,1H3. The Bertz CT molecular complexity index is 721. The number of rotatable bonds is 6. The molecule has 0 spiro atoms. The van der Waals surface area contributed by atoms with Crippen LogP contribution in [0.4, 0.5) is 4.39 Å². The molecule has 1 heterocycles. The first kappa shape index (κ1) is 18.5. The predicted octanol–water partition coefficient (Wildman–Crippen LogP) is 2.63. The van der Waals surface area contributed by atoms with Gasteiger partial charge in [-0.2, -0.15) is 0 Å². The van der Waals surface area contributed by atoms with Gasteiger partial charge in [0.2, 0.25) is 5.91 Å². The van der Waals surface area contributed by atoms with Crippen LogP contribution < -0.4 is 0 Å². The molecule has 5 heteroatoms. The largest absolute Gasteiger partial charge is 0.392 e. The molecular formula is C21H25FN2O2. The van der Waals surface area contributed by atoms with Crippen molar-refractivity contribution in [2.45, 2.75) is 25.0 Å². The second-order valence-corrected chi connectivity index (χ2v) is 6.94. The molecule has 0 saturated carbocycles. The van der Waals surface area contributed by atoms with Gasteiger partial charge in [-0.05, 0) is 29.7 Å². The zero-order chi connectivity index (χ0) is 18.5. The predicted molar refractivity (Wildman–Crippen MR) is 99.1 cm³/mol. The van der Waals surface area contributed by atoms with E-state index < -0.39 is 0 Å². The summed E-state index contributed by atoms with van der Waals surface area (Å²) in [5.74, 6) is -0.311. The van der Waals surface area contributed by atoms with Gasteiger partial charge in [-0.1, -0.05) is 42.5 Å². The van der Waals surface area contributed by atoms with Crippen LogP contribution in [-0.4, -0.2) is 53.6 Å². The molecule has 1 amide bonds. The fourth-order valence-electron chi connectivity index (χ4n) is 3.42. The number of aliphatic hydroxyl groups excluding tert-OH is 1. The van der Waals surface area contributed by atoms with E-state index in [1.165, 1.54) is 12.1 Å². The van der Waals surface area contributed by atoms with Gasteiger partial charge in [0.25, 0.3) is 0 Å². The van der Waals surface area contributed by atoms with Gasteiger partial charge in [0.05, 0.1) is 18.6 Å². The van der Waals surface area contributed by atoms with Crippen molar-refractivity contribution in [1.82, 2.24) is 9.80 Å². The summed E-state index contributed by atoms with van der Waals surface area (Å²) in [6.45, 7) is 2.17. The maximum absolute atomic E-state index is 13.1. The van der Waals surface area contributed by atoms with E-state index in [1.54, 1.807) is 17.0 Å². The van der Waals surface area contributed by atoms with E-state index in [9.17, 15) is 14.3 Å². The third-order valence-electron chi connectivity index (χ3n) is 4.99. The third kappa shape index (κ3) is 4.68. The van der Waals surface area contributed by atoms with Crippen LogP contribution in [-0.2, 0) is 11.2 Å². The number of likely N-dealkylation sites (tertiary alicyclic amines) is 1. The molecule has 2 aromatic rings. The molecule has 2 atom stereocenters. The van der Waals surface area contributed by atoms with Crippen molar-refractivity contribution in [3.05, 3.63) is 71.5 Å². The molecule has 2 aromatic carbocycles. The molecule has 26 heavy (non-hydrogen) atoms. The number of hydrogen-bond donors (Lipinski definition) is 1. The summed E-state index contributed by atoms with van der Waals surface area (Å²) in [6, 6.07) is 15.9. The molecule has 1 fully saturated rings. The minimum Gasteiger partial charge on any atom is -0.392 e. The number of carbonyl (C=O) groups excluding carboxylic acids is 1. The van der Waals surface area contributed by atoms with E-state index in [0.29, 0.717) is 13.1 Å². The van der Waals surface area contributed by atoms with Crippen LogP contribution in [0.5, 0.6) is 0 Å². The maximum atomic E-state index is 13.1. The Balaban J connectivity index is 1.74. The molecule has 0 bridgehead atoms. The van der Waals surface area contributed by atoms with Crippen molar-refractivity contribution < 1.29 is 14.3 Å². The molecule has 1 saturated heterocycles. The van der Waals surface area contributed by atoms with Crippen LogP contribution in [0, 0.1) is 5.82 Å². The summed E-state index contributed by atoms with van der Waals surface area (Å²) in [7, 11) is 1.82. The van der Waals surface area contributed by atoms with Crippen molar-refractivity contribution in [3.8, 4) is 0 Å². The lowest BCUT2D eigenvalue weighted by atomic mass is 10.0. The summed E-state index contributed by atoms with van der Waals surface area (Å²) in [5.41, 5.74) is 1.87. The molecule has 2 unspecified atom stereocenters. The summed E-state index contributed by atoms with van der Waals surface area (Å²) < 4.78 is 13.1. The number of likely N-dealkylation sites (N-methyl/N-ethyl adjacent to an activating group) is 1. The summed E-state index contributed by atoms with van der Waals surface area (Å²) >= 11 is 0. The van der Waals surface area contributed by atoms with E-state index >= 15 is 0 Å². The fourth-order valence-corrected chi connectivity index (χ4v) is 3.42. The SMILES string of the molecule is CN(C(=O)Cc1ccc(F)cc1)C(CN1CCC(O)C1)c1ccccc1. The first-order chi connectivity index (χ1) is 12.5. The van der Waals surface area contributed by atoms with Gasteiger partial charge < -0.3 is 10.0 Å². The van der Waals surface area contributed by atoms with E-state index in [-0.39, 0.29) is 30.3 Å². The normalized spacial score (nSPS) is 18.7. The highest BCUT2D eigenvalue weighted by Gasteiger charge is 2.28. The Morgan fingerprint density at radius 2 is 1.92 bits per heavy atom. The minimum atomic E-state index is -0.302. The molecule has 138 valence electrons. The van der Waals surface area contributed by atoms with Crippen molar-refractivity contribution in [1.29, 1.82) is 0 Å². The number of β-amino-alcohol motifs (C(OH)–C–C–N with tert-alkyl or cyclic N) is 1. The van der Waals surface area contributed by atoms with Crippen LogP contribution in [0.25, 0.3) is 0 Å². The quantitative estimate of drug-likeness (QED) is 0.865. The topological polar surface area (TPSA) is 43.8 Å². The van der Waals surface area contributed by atoms with E-state index in [1.807, 2.05) is 37.4 Å². The molecule has 1 aliphatic heterocycles. The second kappa shape index (κ2) is 8.43. The fraction of sp³-hybridized carbons (Fsp3) is 0.381. The van der Waals surface area contributed by atoms with E-state index in [4.69, 9.17) is 0 Å². The molecule has 0 aromatic heterocycles. The first-order valence-electron chi connectivity index (χ1n) is 8.98. The molecule has 1 N–H and O–H groups in total. The minimum absolute atomic E-state index is 0.00907. The summed E-state index contributed by atoms with van der Waals surface area (Å²) in [5, 5.41) is 9.80. The molecule has 3 rings (SSSR count). The van der Waals surface area contributed by atoms with Crippen LogP contribution in [0.2, 0.25) is 0 Å². The number of nitrogens with zero attached hydrogens (tertiary/aromatic N) is 2. The van der Waals surface area contributed by atoms with Crippen molar-refractivity contribution in [2.75, 3.05) is 26.7 Å². The highest BCUT2D eigenvalue weighted by atomic mass is 19.1. The molecule has 4 nitrogen and oxygen atoms in total. The van der Waals surface area contributed by atoms with Gasteiger partial charge in [-0.25, -0.2) is 4.39 Å². The lowest BCUT2D eigenvalue weighted by Crippen LogP contribution is -2.39. The number of carbonyl (C=O) groups is 1. The van der Waals surface area contributed by atoms with Gasteiger partial charge in [-0.3, -0.25) is 9.69 Å². The Kier molecular flexibility index (Phi) is 6.01. The number of halogens is 1. The van der Waals surface area contributed by atoms with Crippen LogP contribution >= 0.6 is 0 Å². The van der Waals surface area contributed by atoms with E-state index in [2.05, 4.69) is 4.90 Å². The maximum Gasteiger partial charge on any atom is 0.227 e. The summed E-state index contributed by atoms with van der Waals surface area (Å²) in [6.07, 6.45) is 0.726. The van der Waals surface area contributed by atoms with Gasteiger partial charge in [-0.15, -0.1) is 0 Å². The highest BCUT2D eigenvalue weighted by Crippen LogP contribution is 2.24. The Labute approximate surface area is 153 Å². The first-order valence-corrected chi connectivity index (χ1v) is 8.98. The molecule has 1 aliphatic rings. The summed E-state index contributed by atoms with van der Waals surface area (Å²) in [4.78, 5) is 16.8. The Morgan fingerprint density at radius 3 is 2.54 bits per heavy atom. The average molecular weight is 356 g/mol. The highest BCUT2D eigenvalue weighted by molar-refractivity contribution is 5.79. The van der Waals surface area contributed by atoms with Gasteiger partial charge in [0.1, 0.15) is 5.82 Å². The molecule has 0 aliphatic carbocycles. The smallest absolute Gasteiger partial charge is 0.227 e. The number of hydrogen-bond acceptors (Lipinski definition) is 3. The van der Waals surface area contributed by atoms with Gasteiger partial charge in [0.15, 0.2) is 0 Å². The van der Waals surface area contributed by atoms with Gasteiger partial charge in [0, 0.05) is 26.7 Å². The van der Waals surface area contributed by atoms with Crippen LogP contribution in [0.3, 0.4) is 0 Å². The average Bonchev–Trinajstić information content (AvgIpc) is 3.07. The Morgan fingerprint density at radius 1 is 1.23 bits per heavy atom. The lowest BCUT2D eigenvalue weighted by Gasteiger charge is -2.32. The molecule has 0 radical (unpaired) electrons. The third-order valence-corrected chi connectivity index (χ3v) is 4.99. The van der Waals surface area contributed by atoms with Gasteiger partial charge >= 0.3 is 0 Å². The molecular weight excluding hydrogens is 331 g/mol. The van der Waals surface area contributed by atoms with E-state index in [0.717, 1.165) is 24.1 Å². The van der Waals surface area contributed by atoms with Crippen molar-refractivity contribution in [2.24, 2.45) is 0 Å². The number of aliphatic hydroxyl groups is 1. The number of benzene rings is 2. The van der Waals surface area contributed by atoms with Crippen molar-refractivity contribution in [3.63, 3.8) is 0 Å². The second-order valence-electron chi connectivity index (χ2n) is 6.94. The Hall–Kier alpha value is -2.24. The van der Waals surface area contributed by atoms with Crippen molar-refractivity contribution >= 4 is 5.91 Å². The monoisotopic (exact) mass is 356 g/mol. The number of amides is 1. The van der Waals surface area contributed by atoms with Crippen LogP contribution in [0.15, 0.2) is 54.6 Å². The zero-order valence-electron chi connectivity index (χ0n) is 15.0. The van der Waals surface area contributed by atoms with Crippen LogP contribution in [0.1, 0.15) is 23.6 Å². The lowest BCUT2D eigenvalue weighted by molar-refractivity contribution is -0.131.